The third-order valence-corrected chi connectivity index (χ3v) is 5.03. The second-order valence-electron chi connectivity index (χ2n) is 5.70. The van der Waals surface area contributed by atoms with E-state index in [1.165, 1.54) is 16.0 Å². The standard InChI is InChI=1S/C16H24N2OS.ClH/c1-11-4-5-13(3)15(8-11)20-10-16(19)18-14-9-17-7-6-12(14)2;/h4-5,8,12,14,17H,6-7,9-10H2,1-3H3,(H,18,19);1H. The van der Waals surface area contributed by atoms with Crippen molar-refractivity contribution in [1.29, 1.82) is 0 Å². The van der Waals surface area contributed by atoms with Crippen LogP contribution in [0, 0.1) is 19.8 Å². The molecule has 1 saturated heterocycles. The Morgan fingerprint density at radius 2 is 2.19 bits per heavy atom. The van der Waals surface area contributed by atoms with E-state index in [0.29, 0.717) is 11.7 Å². The molecule has 0 bridgehead atoms. The molecule has 21 heavy (non-hydrogen) atoms. The summed E-state index contributed by atoms with van der Waals surface area (Å²) in [4.78, 5) is 13.3. The highest BCUT2D eigenvalue weighted by Crippen LogP contribution is 2.23. The summed E-state index contributed by atoms with van der Waals surface area (Å²) in [6, 6.07) is 6.64. The normalized spacial score (nSPS) is 21.5. The first-order valence-corrected chi connectivity index (χ1v) is 8.25. The Balaban J connectivity index is 0.00000220. The molecule has 3 nitrogen and oxygen atoms in total. The minimum atomic E-state index is 0. The van der Waals surface area contributed by atoms with Crippen LogP contribution in [0.25, 0.3) is 0 Å². The predicted octanol–water partition coefficient (Wildman–Crippen LogP) is 2.93. The summed E-state index contributed by atoms with van der Waals surface area (Å²) in [5, 5.41) is 6.49. The van der Waals surface area contributed by atoms with Crippen molar-refractivity contribution in [2.45, 2.75) is 38.1 Å². The van der Waals surface area contributed by atoms with Crippen molar-refractivity contribution in [3.8, 4) is 0 Å². The lowest BCUT2D eigenvalue weighted by Gasteiger charge is -2.30. The van der Waals surface area contributed by atoms with Crippen LogP contribution in [0.2, 0.25) is 0 Å². The van der Waals surface area contributed by atoms with Crippen molar-refractivity contribution in [1.82, 2.24) is 10.6 Å². The lowest BCUT2D eigenvalue weighted by molar-refractivity contribution is -0.119. The van der Waals surface area contributed by atoms with Gasteiger partial charge in [-0.3, -0.25) is 4.79 Å². The summed E-state index contributed by atoms with van der Waals surface area (Å²) < 4.78 is 0. The number of halogens is 1. The Labute approximate surface area is 138 Å². The van der Waals surface area contributed by atoms with E-state index in [2.05, 4.69) is 49.6 Å². The number of thioether (sulfide) groups is 1. The van der Waals surface area contributed by atoms with E-state index in [1.807, 2.05) is 0 Å². The number of benzene rings is 1. The predicted molar refractivity (Wildman–Crippen MR) is 92.5 cm³/mol. The molecule has 0 spiro atoms. The van der Waals surface area contributed by atoms with E-state index in [9.17, 15) is 4.79 Å². The molecule has 2 rings (SSSR count). The smallest absolute Gasteiger partial charge is 0.230 e. The van der Waals surface area contributed by atoms with Crippen molar-refractivity contribution in [2.75, 3.05) is 18.8 Å². The Kier molecular flexibility index (Phi) is 7.57. The van der Waals surface area contributed by atoms with Gasteiger partial charge in [-0.2, -0.15) is 0 Å². The Morgan fingerprint density at radius 1 is 1.43 bits per heavy atom. The zero-order valence-electron chi connectivity index (χ0n) is 12.9. The summed E-state index contributed by atoms with van der Waals surface area (Å²) in [7, 11) is 0. The van der Waals surface area contributed by atoms with Crippen molar-refractivity contribution in [3.05, 3.63) is 29.3 Å². The van der Waals surface area contributed by atoms with Crippen molar-refractivity contribution >= 4 is 30.1 Å². The van der Waals surface area contributed by atoms with Crippen LogP contribution in [0.5, 0.6) is 0 Å². The molecule has 1 aromatic carbocycles. The van der Waals surface area contributed by atoms with E-state index < -0.39 is 0 Å². The van der Waals surface area contributed by atoms with Crippen LogP contribution in [0.15, 0.2) is 23.1 Å². The van der Waals surface area contributed by atoms with Crippen LogP contribution in [0.4, 0.5) is 0 Å². The Bertz CT molecular complexity index is 481. The molecule has 2 unspecified atom stereocenters. The number of hydrogen-bond acceptors (Lipinski definition) is 3. The molecule has 0 saturated carbocycles. The average molecular weight is 329 g/mol. The molecule has 0 radical (unpaired) electrons. The SMILES string of the molecule is Cc1ccc(C)c(SCC(=O)NC2CNCCC2C)c1.Cl. The zero-order chi connectivity index (χ0) is 14.5. The number of carbonyl (C=O) groups excluding carboxylic acids is 1. The Morgan fingerprint density at radius 3 is 2.90 bits per heavy atom. The largest absolute Gasteiger partial charge is 0.351 e. The highest BCUT2D eigenvalue weighted by Gasteiger charge is 2.22. The van der Waals surface area contributed by atoms with Gasteiger partial charge in [0.15, 0.2) is 0 Å². The maximum absolute atomic E-state index is 12.1. The fourth-order valence-corrected chi connectivity index (χ4v) is 3.37. The molecular weight excluding hydrogens is 304 g/mol. The second-order valence-corrected chi connectivity index (χ2v) is 6.72. The van der Waals surface area contributed by atoms with Crippen LogP contribution in [0.3, 0.4) is 0 Å². The molecule has 5 heteroatoms. The van der Waals surface area contributed by atoms with Gasteiger partial charge in [0, 0.05) is 17.5 Å². The fourth-order valence-electron chi connectivity index (χ4n) is 2.44. The Hall–Kier alpha value is -0.710. The van der Waals surface area contributed by atoms with Gasteiger partial charge >= 0.3 is 0 Å². The van der Waals surface area contributed by atoms with Gasteiger partial charge in [-0.25, -0.2) is 0 Å². The molecule has 2 N–H and O–H groups in total. The number of amides is 1. The zero-order valence-corrected chi connectivity index (χ0v) is 14.6. The summed E-state index contributed by atoms with van der Waals surface area (Å²) in [5.41, 5.74) is 2.48. The molecule has 1 aliphatic rings. The van der Waals surface area contributed by atoms with Crippen LogP contribution in [0.1, 0.15) is 24.5 Å². The molecule has 118 valence electrons. The van der Waals surface area contributed by atoms with E-state index in [-0.39, 0.29) is 24.4 Å². The molecule has 1 aromatic rings. The first kappa shape index (κ1) is 18.3. The molecule has 1 fully saturated rings. The number of hydrogen-bond donors (Lipinski definition) is 2. The summed E-state index contributed by atoms with van der Waals surface area (Å²) in [6.45, 7) is 8.33. The van der Waals surface area contributed by atoms with Crippen LogP contribution < -0.4 is 10.6 Å². The van der Waals surface area contributed by atoms with Gasteiger partial charge in [0.2, 0.25) is 5.91 Å². The van der Waals surface area contributed by atoms with E-state index in [4.69, 9.17) is 0 Å². The average Bonchev–Trinajstić information content (AvgIpc) is 2.42. The first-order chi connectivity index (χ1) is 9.56. The molecular formula is C16H25ClN2OS. The first-order valence-electron chi connectivity index (χ1n) is 7.26. The van der Waals surface area contributed by atoms with Gasteiger partial charge in [0.05, 0.1) is 5.75 Å². The van der Waals surface area contributed by atoms with E-state index in [1.54, 1.807) is 11.8 Å². The number of carbonyl (C=O) groups is 1. The molecule has 0 aliphatic carbocycles. The summed E-state index contributed by atoms with van der Waals surface area (Å²) in [6.07, 6.45) is 1.13. The van der Waals surface area contributed by atoms with E-state index in [0.717, 1.165) is 19.5 Å². The quantitative estimate of drug-likeness (QED) is 0.835. The van der Waals surface area contributed by atoms with Gasteiger partial charge in [-0.1, -0.05) is 24.6 Å². The second kappa shape index (κ2) is 8.66. The fraction of sp³-hybridized carbons (Fsp3) is 0.562. The molecule has 2 atom stereocenters. The van der Waals surface area contributed by atoms with Crippen LogP contribution in [-0.4, -0.2) is 30.8 Å². The highest BCUT2D eigenvalue weighted by molar-refractivity contribution is 8.00. The van der Waals surface area contributed by atoms with Crippen molar-refractivity contribution < 1.29 is 4.79 Å². The minimum absolute atomic E-state index is 0. The van der Waals surface area contributed by atoms with Gasteiger partial charge in [0.1, 0.15) is 0 Å². The maximum Gasteiger partial charge on any atom is 0.230 e. The number of nitrogens with one attached hydrogen (secondary N) is 2. The summed E-state index contributed by atoms with van der Waals surface area (Å²) in [5.74, 6) is 1.19. The third kappa shape index (κ3) is 5.53. The van der Waals surface area contributed by atoms with E-state index >= 15 is 0 Å². The van der Waals surface area contributed by atoms with Gasteiger partial charge in [-0.05, 0) is 44.4 Å². The maximum atomic E-state index is 12.1. The monoisotopic (exact) mass is 328 g/mol. The molecule has 1 heterocycles. The topological polar surface area (TPSA) is 41.1 Å². The molecule has 0 aromatic heterocycles. The lowest BCUT2D eigenvalue weighted by Crippen LogP contribution is -2.50. The lowest BCUT2D eigenvalue weighted by atomic mass is 9.95. The van der Waals surface area contributed by atoms with Crippen LogP contribution in [-0.2, 0) is 4.79 Å². The summed E-state index contributed by atoms with van der Waals surface area (Å²) >= 11 is 1.63. The van der Waals surface area contributed by atoms with Crippen molar-refractivity contribution in [2.24, 2.45) is 5.92 Å². The minimum Gasteiger partial charge on any atom is -0.351 e. The number of piperidine rings is 1. The van der Waals surface area contributed by atoms with Gasteiger partial charge in [0.25, 0.3) is 0 Å². The van der Waals surface area contributed by atoms with Crippen LogP contribution >= 0.6 is 24.2 Å². The highest BCUT2D eigenvalue weighted by atomic mass is 35.5. The molecule has 1 amide bonds. The number of aryl methyl sites for hydroxylation is 2. The van der Waals surface area contributed by atoms with Gasteiger partial charge in [-0.15, -0.1) is 24.2 Å². The third-order valence-electron chi connectivity index (χ3n) is 3.88. The molecule has 1 aliphatic heterocycles. The van der Waals surface area contributed by atoms with Gasteiger partial charge < -0.3 is 10.6 Å². The van der Waals surface area contributed by atoms with Crippen molar-refractivity contribution in [3.63, 3.8) is 0 Å². The number of rotatable bonds is 4.